The van der Waals surface area contributed by atoms with Gasteiger partial charge in [0.15, 0.2) is 0 Å². The first-order chi connectivity index (χ1) is 11.5. The number of benzene rings is 3. The van der Waals surface area contributed by atoms with E-state index in [4.69, 9.17) is 6.85 Å². The van der Waals surface area contributed by atoms with Crippen LogP contribution < -0.4 is 5.32 Å². The third-order valence-corrected chi connectivity index (χ3v) is 2.77. The number of nitrogens with one attached hydrogen (secondary N) is 1. The Morgan fingerprint density at radius 1 is 0.737 bits per heavy atom. The van der Waals surface area contributed by atoms with E-state index in [0.29, 0.717) is 5.69 Å². The standard InChI is InChI=1S/C18H15N/c1-3-9-15(10-4-1)17-13-7-8-14-18(17)19-16-11-5-2-6-12-16/h1-14,19H/i2D,5D,6D,11D,12D. The third-order valence-electron chi connectivity index (χ3n) is 2.77. The van der Waals surface area contributed by atoms with Crippen LogP contribution >= 0.6 is 0 Å². The first-order valence-corrected chi connectivity index (χ1v) is 5.99. The molecule has 1 heteroatoms. The predicted octanol–water partition coefficient (Wildman–Crippen LogP) is 5.10. The van der Waals surface area contributed by atoms with E-state index in [1.807, 2.05) is 54.6 Å². The van der Waals surface area contributed by atoms with Gasteiger partial charge < -0.3 is 5.32 Å². The first-order valence-electron chi connectivity index (χ1n) is 8.49. The maximum atomic E-state index is 8.02. The fraction of sp³-hybridized carbons (Fsp3) is 0. The van der Waals surface area contributed by atoms with Crippen LogP contribution in [0, 0.1) is 0 Å². The summed E-state index contributed by atoms with van der Waals surface area (Å²) < 4.78 is 39.3. The number of anilines is 2. The lowest BCUT2D eigenvalue weighted by atomic mass is 10.0. The molecule has 0 spiro atoms. The van der Waals surface area contributed by atoms with Gasteiger partial charge in [-0.15, -0.1) is 0 Å². The van der Waals surface area contributed by atoms with Crippen molar-refractivity contribution < 1.29 is 6.85 Å². The minimum absolute atomic E-state index is 0.0735. The molecule has 0 radical (unpaired) electrons. The van der Waals surface area contributed by atoms with Crippen LogP contribution in [-0.4, -0.2) is 0 Å². The minimum atomic E-state index is -0.396. The quantitative estimate of drug-likeness (QED) is 0.682. The molecule has 0 aromatic heterocycles. The second-order valence-corrected chi connectivity index (χ2v) is 4.04. The average Bonchev–Trinajstić information content (AvgIpc) is 2.63. The van der Waals surface area contributed by atoms with Gasteiger partial charge in [0.2, 0.25) is 0 Å². The van der Waals surface area contributed by atoms with E-state index in [2.05, 4.69) is 5.32 Å². The molecule has 3 rings (SSSR count). The predicted molar refractivity (Wildman–Crippen MR) is 81.6 cm³/mol. The molecule has 0 aliphatic heterocycles. The second-order valence-electron chi connectivity index (χ2n) is 4.04. The van der Waals surface area contributed by atoms with Gasteiger partial charge >= 0.3 is 0 Å². The molecule has 1 nitrogen and oxygen atoms in total. The Labute approximate surface area is 120 Å². The van der Waals surface area contributed by atoms with Crippen molar-refractivity contribution in [3.8, 4) is 11.1 Å². The number of hydrogen-bond donors (Lipinski definition) is 1. The molecule has 19 heavy (non-hydrogen) atoms. The van der Waals surface area contributed by atoms with Crippen LogP contribution in [0.1, 0.15) is 6.85 Å². The van der Waals surface area contributed by atoms with Gasteiger partial charge in [-0.25, -0.2) is 0 Å². The van der Waals surface area contributed by atoms with Gasteiger partial charge in [0.1, 0.15) is 0 Å². The molecule has 0 bridgehead atoms. The molecule has 1 N–H and O–H groups in total. The van der Waals surface area contributed by atoms with Crippen molar-refractivity contribution in [3.63, 3.8) is 0 Å². The lowest BCUT2D eigenvalue weighted by Crippen LogP contribution is -1.92. The van der Waals surface area contributed by atoms with Crippen molar-refractivity contribution in [3.05, 3.63) is 84.8 Å². The normalized spacial score (nSPS) is 13.8. The number of rotatable bonds is 3. The highest BCUT2D eigenvalue weighted by atomic mass is 14.9. The molecule has 0 unspecified atom stereocenters. The molecular weight excluding hydrogens is 230 g/mol. The molecule has 0 amide bonds. The van der Waals surface area contributed by atoms with Crippen LogP contribution in [0.4, 0.5) is 11.4 Å². The summed E-state index contributed by atoms with van der Waals surface area (Å²) in [5.41, 5.74) is 2.63. The number of para-hydroxylation sites is 2. The monoisotopic (exact) mass is 250 g/mol. The van der Waals surface area contributed by atoms with Gasteiger partial charge in [0.25, 0.3) is 0 Å². The Kier molecular flexibility index (Phi) is 2.03. The zero-order valence-corrected chi connectivity index (χ0v) is 10.2. The van der Waals surface area contributed by atoms with Crippen LogP contribution in [0.15, 0.2) is 84.8 Å². The Hall–Kier alpha value is -2.54. The summed E-state index contributed by atoms with van der Waals surface area (Å²) in [6.45, 7) is 0. The van der Waals surface area contributed by atoms with Crippen molar-refractivity contribution in [2.45, 2.75) is 0 Å². The molecular formula is C18H15N. The zero-order chi connectivity index (χ0) is 17.3. The summed E-state index contributed by atoms with van der Waals surface area (Å²) in [5, 5.41) is 3.02. The fourth-order valence-corrected chi connectivity index (χ4v) is 1.91. The lowest BCUT2D eigenvalue weighted by molar-refractivity contribution is 1.53. The summed E-state index contributed by atoms with van der Waals surface area (Å²) in [4.78, 5) is 0. The van der Waals surface area contributed by atoms with Gasteiger partial charge in [-0.05, 0) is 23.7 Å². The number of hydrogen-bond acceptors (Lipinski definition) is 1. The van der Waals surface area contributed by atoms with Crippen molar-refractivity contribution in [1.82, 2.24) is 0 Å². The summed E-state index contributed by atoms with van der Waals surface area (Å²) in [6, 6.07) is 15.6. The Balaban J connectivity index is 2.12. The summed E-state index contributed by atoms with van der Waals surface area (Å²) in [5.74, 6) is 0. The van der Waals surface area contributed by atoms with Gasteiger partial charge in [-0.2, -0.15) is 0 Å². The lowest BCUT2D eigenvalue weighted by Gasteiger charge is -2.12. The first kappa shape index (κ1) is 7.15. The van der Waals surface area contributed by atoms with Crippen molar-refractivity contribution in [2.75, 3.05) is 5.32 Å². The Morgan fingerprint density at radius 2 is 1.42 bits per heavy atom. The molecule has 3 aromatic rings. The highest BCUT2D eigenvalue weighted by Crippen LogP contribution is 2.29. The van der Waals surface area contributed by atoms with Crippen LogP contribution in [0.3, 0.4) is 0 Å². The van der Waals surface area contributed by atoms with Crippen molar-refractivity contribution >= 4 is 11.4 Å². The summed E-state index contributed by atoms with van der Waals surface area (Å²) in [6.07, 6.45) is 0. The Bertz CT molecular complexity index is 864. The molecule has 3 aromatic carbocycles. The van der Waals surface area contributed by atoms with Gasteiger partial charge in [0.05, 0.1) is 6.85 Å². The molecule has 0 fully saturated rings. The van der Waals surface area contributed by atoms with E-state index in [1.54, 1.807) is 0 Å². The van der Waals surface area contributed by atoms with Crippen LogP contribution in [0.2, 0.25) is 0 Å². The molecule has 0 heterocycles. The van der Waals surface area contributed by atoms with Crippen molar-refractivity contribution in [1.29, 1.82) is 0 Å². The zero-order valence-electron chi connectivity index (χ0n) is 15.2. The van der Waals surface area contributed by atoms with Crippen LogP contribution in [-0.2, 0) is 0 Å². The highest BCUT2D eigenvalue weighted by molar-refractivity contribution is 5.80. The van der Waals surface area contributed by atoms with Crippen LogP contribution in [0.5, 0.6) is 0 Å². The van der Waals surface area contributed by atoms with Gasteiger partial charge in [0, 0.05) is 16.9 Å². The smallest absolute Gasteiger partial charge is 0.0645 e. The molecule has 0 aliphatic rings. The Morgan fingerprint density at radius 3 is 2.21 bits per heavy atom. The second kappa shape index (κ2) is 5.40. The van der Waals surface area contributed by atoms with Crippen LogP contribution in [0.25, 0.3) is 11.1 Å². The van der Waals surface area contributed by atoms with E-state index in [9.17, 15) is 0 Å². The summed E-state index contributed by atoms with van der Waals surface area (Å²) in [7, 11) is 0. The van der Waals surface area contributed by atoms with E-state index >= 15 is 0 Å². The van der Waals surface area contributed by atoms with Gasteiger partial charge in [-0.3, -0.25) is 0 Å². The fourth-order valence-electron chi connectivity index (χ4n) is 1.91. The van der Waals surface area contributed by atoms with Gasteiger partial charge in [-0.1, -0.05) is 66.7 Å². The van der Waals surface area contributed by atoms with E-state index in [0.717, 1.165) is 11.1 Å². The van der Waals surface area contributed by atoms with Crippen molar-refractivity contribution in [2.24, 2.45) is 0 Å². The minimum Gasteiger partial charge on any atom is -0.355 e. The maximum Gasteiger partial charge on any atom is 0.0645 e. The molecule has 0 aliphatic carbocycles. The molecule has 0 atom stereocenters. The molecule has 0 saturated carbocycles. The average molecular weight is 250 g/mol. The highest BCUT2D eigenvalue weighted by Gasteiger charge is 2.03. The maximum absolute atomic E-state index is 8.02. The van der Waals surface area contributed by atoms with E-state index < -0.39 is 6.04 Å². The molecule has 92 valence electrons. The topological polar surface area (TPSA) is 12.0 Å². The molecule has 0 saturated heterocycles. The largest absolute Gasteiger partial charge is 0.355 e. The van der Waals surface area contributed by atoms with E-state index in [-0.39, 0.29) is 29.9 Å². The SMILES string of the molecule is [2H]c1c([2H])c([2H])c(Nc2ccccc2-c2ccccc2)c([2H])c1[2H]. The van der Waals surface area contributed by atoms with E-state index in [1.165, 1.54) is 0 Å². The third kappa shape index (κ3) is 2.66. The summed E-state index contributed by atoms with van der Waals surface area (Å²) >= 11 is 0.